The lowest BCUT2D eigenvalue weighted by Crippen LogP contribution is -2.50. The van der Waals surface area contributed by atoms with E-state index in [9.17, 15) is 9.59 Å². The average molecular weight is 290 g/mol. The summed E-state index contributed by atoms with van der Waals surface area (Å²) in [5.41, 5.74) is 1.66. The fraction of sp³-hybridized carbons (Fsp3) is 0.500. The molecule has 0 fully saturated rings. The van der Waals surface area contributed by atoms with Crippen molar-refractivity contribution in [1.82, 2.24) is 10.6 Å². The van der Waals surface area contributed by atoms with Crippen LogP contribution in [0.2, 0.25) is 0 Å². The number of carboxylic acids is 1. The predicted molar refractivity (Wildman–Crippen MR) is 80.1 cm³/mol. The van der Waals surface area contributed by atoms with Crippen molar-refractivity contribution in [3.63, 3.8) is 0 Å². The lowest BCUT2D eigenvalue weighted by molar-refractivity contribution is -0.138. The highest BCUT2D eigenvalue weighted by Crippen LogP contribution is 2.29. The van der Waals surface area contributed by atoms with E-state index < -0.39 is 11.5 Å². The van der Waals surface area contributed by atoms with Crippen molar-refractivity contribution < 1.29 is 14.7 Å². The molecule has 0 bridgehead atoms. The predicted octanol–water partition coefficient (Wildman–Crippen LogP) is 2.62. The van der Waals surface area contributed by atoms with Gasteiger partial charge in [-0.25, -0.2) is 4.79 Å². The summed E-state index contributed by atoms with van der Waals surface area (Å²) in [6.07, 6.45) is 2.88. The Bertz CT molecular complexity index is 540. The third-order valence-electron chi connectivity index (χ3n) is 3.72. The van der Waals surface area contributed by atoms with E-state index in [0.29, 0.717) is 0 Å². The molecule has 21 heavy (non-hydrogen) atoms. The summed E-state index contributed by atoms with van der Waals surface area (Å²) in [6.45, 7) is 3.41. The number of hydrogen-bond donors (Lipinski definition) is 3. The molecule has 0 saturated carbocycles. The third-order valence-corrected chi connectivity index (χ3v) is 3.72. The molecule has 1 aliphatic rings. The highest BCUT2D eigenvalue weighted by molar-refractivity contribution is 5.77. The second-order valence-corrected chi connectivity index (χ2v) is 6.20. The maximum atomic E-state index is 12.1. The maximum Gasteiger partial charge on any atom is 0.315 e. The van der Waals surface area contributed by atoms with Crippen molar-refractivity contribution >= 4 is 12.0 Å². The van der Waals surface area contributed by atoms with Gasteiger partial charge in [0, 0.05) is 5.54 Å². The van der Waals surface area contributed by atoms with Crippen LogP contribution in [0.15, 0.2) is 24.3 Å². The number of fused-ring (bicyclic) bond motifs is 1. The fourth-order valence-corrected chi connectivity index (χ4v) is 2.83. The molecule has 5 heteroatoms. The van der Waals surface area contributed by atoms with Gasteiger partial charge >= 0.3 is 12.0 Å². The Hall–Kier alpha value is -2.04. The SMILES string of the molecule is CC(C)(CC(=O)O)NC(=O)NC1CCCc2ccccc21. The minimum Gasteiger partial charge on any atom is -0.481 e. The largest absolute Gasteiger partial charge is 0.481 e. The maximum absolute atomic E-state index is 12.1. The van der Waals surface area contributed by atoms with Crippen molar-refractivity contribution in [3.8, 4) is 0 Å². The minimum absolute atomic E-state index is 0.00409. The van der Waals surface area contributed by atoms with Crippen molar-refractivity contribution in [2.75, 3.05) is 0 Å². The number of amides is 2. The van der Waals surface area contributed by atoms with E-state index in [2.05, 4.69) is 16.7 Å². The first-order chi connectivity index (χ1) is 9.87. The zero-order chi connectivity index (χ0) is 15.5. The Morgan fingerprint density at radius 3 is 2.76 bits per heavy atom. The molecule has 114 valence electrons. The molecule has 1 unspecified atom stereocenters. The van der Waals surface area contributed by atoms with E-state index in [1.54, 1.807) is 13.8 Å². The van der Waals surface area contributed by atoms with Gasteiger partial charge in [-0.2, -0.15) is 0 Å². The van der Waals surface area contributed by atoms with Gasteiger partial charge in [-0.3, -0.25) is 4.79 Å². The topological polar surface area (TPSA) is 78.4 Å². The molecule has 0 aromatic heterocycles. The normalized spacial score (nSPS) is 17.7. The van der Waals surface area contributed by atoms with Crippen molar-refractivity contribution in [3.05, 3.63) is 35.4 Å². The van der Waals surface area contributed by atoms with Crippen LogP contribution in [0.4, 0.5) is 4.79 Å². The standard InChI is InChI=1S/C16H22N2O3/c1-16(2,10-14(19)20)18-15(21)17-13-9-5-7-11-6-3-4-8-12(11)13/h3-4,6,8,13H,5,7,9-10H2,1-2H3,(H,19,20)(H2,17,18,21). The van der Waals surface area contributed by atoms with Crippen LogP contribution in [0.1, 0.15) is 50.3 Å². The number of hydrogen-bond acceptors (Lipinski definition) is 2. The lowest BCUT2D eigenvalue weighted by atomic mass is 9.88. The van der Waals surface area contributed by atoms with Crippen LogP contribution in [0.3, 0.4) is 0 Å². The molecule has 0 saturated heterocycles. The molecule has 5 nitrogen and oxygen atoms in total. The van der Waals surface area contributed by atoms with Crippen LogP contribution in [-0.4, -0.2) is 22.6 Å². The fourth-order valence-electron chi connectivity index (χ4n) is 2.83. The molecular formula is C16H22N2O3. The smallest absolute Gasteiger partial charge is 0.315 e. The first-order valence-electron chi connectivity index (χ1n) is 7.26. The van der Waals surface area contributed by atoms with E-state index in [1.165, 1.54) is 5.56 Å². The van der Waals surface area contributed by atoms with Gasteiger partial charge in [-0.15, -0.1) is 0 Å². The molecule has 1 aromatic rings. The van der Waals surface area contributed by atoms with Crippen LogP contribution in [-0.2, 0) is 11.2 Å². The summed E-state index contributed by atoms with van der Waals surface area (Å²) in [5, 5.41) is 14.5. The Morgan fingerprint density at radius 1 is 1.33 bits per heavy atom. The zero-order valence-corrected chi connectivity index (χ0v) is 12.5. The average Bonchev–Trinajstić information content (AvgIpc) is 2.36. The Morgan fingerprint density at radius 2 is 2.05 bits per heavy atom. The number of nitrogens with one attached hydrogen (secondary N) is 2. The molecule has 1 aliphatic carbocycles. The van der Waals surface area contributed by atoms with Gasteiger partial charge in [0.05, 0.1) is 12.5 Å². The number of benzene rings is 1. The van der Waals surface area contributed by atoms with E-state index in [0.717, 1.165) is 24.8 Å². The second kappa shape index (κ2) is 6.16. The van der Waals surface area contributed by atoms with Gasteiger partial charge in [-0.1, -0.05) is 24.3 Å². The van der Waals surface area contributed by atoms with Gasteiger partial charge < -0.3 is 15.7 Å². The van der Waals surface area contributed by atoms with E-state index in [-0.39, 0.29) is 18.5 Å². The molecular weight excluding hydrogens is 268 g/mol. The quantitative estimate of drug-likeness (QED) is 0.797. The third kappa shape index (κ3) is 4.21. The summed E-state index contributed by atoms with van der Waals surface area (Å²) in [6, 6.07) is 7.80. The highest BCUT2D eigenvalue weighted by atomic mass is 16.4. The first kappa shape index (κ1) is 15.4. The van der Waals surface area contributed by atoms with Gasteiger partial charge in [0.15, 0.2) is 0 Å². The summed E-state index contributed by atoms with van der Waals surface area (Å²) >= 11 is 0. The van der Waals surface area contributed by atoms with Crippen LogP contribution in [0.25, 0.3) is 0 Å². The van der Waals surface area contributed by atoms with Crippen LogP contribution < -0.4 is 10.6 Å². The number of urea groups is 1. The summed E-state index contributed by atoms with van der Waals surface area (Å²) < 4.78 is 0. The molecule has 0 aliphatic heterocycles. The number of rotatable bonds is 4. The van der Waals surface area contributed by atoms with E-state index in [1.807, 2.05) is 18.2 Å². The second-order valence-electron chi connectivity index (χ2n) is 6.20. The van der Waals surface area contributed by atoms with Gasteiger partial charge in [-0.05, 0) is 44.2 Å². The van der Waals surface area contributed by atoms with Gasteiger partial charge in [0.1, 0.15) is 0 Å². The minimum atomic E-state index is -0.927. The van der Waals surface area contributed by atoms with Gasteiger partial charge in [0.25, 0.3) is 0 Å². The Balaban J connectivity index is 1.99. The Labute approximate surface area is 124 Å². The van der Waals surface area contributed by atoms with Crippen molar-refractivity contribution in [2.24, 2.45) is 0 Å². The van der Waals surface area contributed by atoms with Gasteiger partial charge in [0.2, 0.25) is 0 Å². The summed E-state index contributed by atoms with van der Waals surface area (Å²) in [4.78, 5) is 22.9. The van der Waals surface area contributed by atoms with E-state index >= 15 is 0 Å². The monoisotopic (exact) mass is 290 g/mol. The van der Waals surface area contributed by atoms with Crippen LogP contribution >= 0.6 is 0 Å². The first-order valence-corrected chi connectivity index (χ1v) is 7.26. The molecule has 2 amide bonds. The number of carboxylic acid groups (broad SMARTS) is 1. The van der Waals surface area contributed by atoms with Crippen LogP contribution in [0, 0.1) is 0 Å². The molecule has 0 spiro atoms. The van der Waals surface area contributed by atoms with E-state index in [4.69, 9.17) is 5.11 Å². The van der Waals surface area contributed by atoms with Crippen molar-refractivity contribution in [1.29, 1.82) is 0 Å². The number of aliphatic carboxylic acids is 1. The number of carbonyl (C=O) groups excluding carboxylic acids is 1. The van der Waals surface area contributed by atoms with Crippen molar-refractivity contribution in [2.45, 2.75) is 51.1 Å². The number of aryl methyl sites for hydroxylation is 1. The zero-order valence-electron chi connectivity index (χ0n) is 12.5. The lowest BCUT2D eigenvalue weighted by Gasteiger charge is -2.29. The molecule has 1 atom stereocenters. The molecule has 0 heterocycles. The van der Waals surface area contributed by atoms with Crippen LogP contribution in [0.5, 0.6) is 0 Å². The Kier molecular flexibility index (Phi) is 4.50. The summed E-state index contributed by atoms with van der Waals surface area (Å²) in [5.74, 6) is -0.927. The molecule has 0 radical (unpaired) electrons. The molecule has 3 N–H and O–H groups in total. The highest BCUT2D eigenvalue weighted by Gasteiger charge is 2.26. The molecule has 1 aromatic carbocycles. The molecule has 2 rings (SSSR count). The number of carbonyl (C=O) groups is 2. The summed E-state index contributed by atoms with van der Waals surface area (Å²) in [7, 11) is 0.